The van der Waals surface area contributed by atoms with E-state index >= 15 is 0 Å². The number of hydrogen-bond acceptors (Lipinski definition) is 5. The highest BCUT2D eigenvalue weighted by Crippen LogP contribution is 2.21. The highest BCUT2D eigenvalue weighted by molar-refractivity contribution is 6.31. The van der Waals surface area contributed by atoms with E-state index in [1.165, 1.54) is 42.6 Å². The van der Waals surface area contributed by atoms with E-state index in [9.17, 15) is 19.3 Å². The van der Waals surface area contributed by atoms with E-state index in [1.807, 2.05) is 0 Å². The van der Waals surface area contributed by atoms with E-state index in [2.05, 4.69) is 10.5 Å². The molecule has 0 spiro atoms. The molecule has 3 aromatic rings. The zero-order chi connectivity index (χ0) is 21.5. The Morgan fingerprint density at radius 3 is 2.47 bits per heavy atom. The van der Waals surface area contributed by atoms with Crippen molar-refractivity contribution in [3.63, 3.8) is 0 Å². The average molecular weight is 428 g/mol. The van der Waals surface area contributed by atoms with Gasteiger partial charge in [-0.05, 0) is 54.1 Å². The molecule has 0 aliphatic carbocycles. The molecule has 0 saturated heterocycles. The molecule has 152 valence electrons. The Morgan fingerprint density at radius 1 is 1.13 bits per heavy atom. The summed E-state index contributed by atoms with van der Waals surface area (Å²) in [7, 11) is 0. The number of nitro benzene ring substituents is 1. The number of benzene rings is 3. The number of ether oxygens (including phenoxy) is 1. The number of amides is 1. The first-order valence-corrected chi connectivity index (χ1v) is 9.05. The van der Waals surface area contributed by atoms with Crippen LogP contribution in [0.3, 0.4) is 0 Å². The van der Waals surface area contributed by atoms with Gasteiger partial charge in [0.2, 0.25) is 0 Å². The molecule has 0 aliphatic rings. The minimum atomic E-state index is -0.543. The maximum atomic E-state index is 13.8. The number of nitrogens with one attached hydrogen (secondary N) is 1. The number of hydrogen-bond donors (Lipinski definition) is 1. The van der Waals surface area contributed by atoms with E-state index in [4.69, 9.17) is 16.3 Å². The Bertz CT molecular complexity index is 1070. The molecule has 0 heterocycles. The molecule has 1 N–H and O–H groups in total. The summed E-state index contributed by atoms with van der Waals surface area (Å²) in [6, 6.07) is 16.4. The molecule has 0 fully saturated rings. The summed E-state index contributed by atoms with van der Waals surface area (Å²) in [5.74, 6) is -0.417. The van der Waals surface area contributed by atoms with Crippen LogP contribution in [-0.4, -0.2) is 17.0 Å². The second-order valence-electron chi connectivity index (χ2n) is 6.06. The van der Waals surface area contributed by atoms with Crippen molar-refractivity contribution < 1.29 is 18.8 Å². The summed E-state index contributed by atoms with van der Waals surface area (Å²) in [5, 5.41) is 14.8. The quantitative estimate of drug-likeness (QED) is 0.335. The molecular weight excluding hydrogens is 413 g/mol. The van der Waals surface area contributed by atoms with Crippen LogP contribution in [0.1, 0.15) is 21.5 Å². The van der Waals surface area contributed by atoms with Gasteiger partial charge in [0.1, 0.15) is 18.2 Å². The topological polar surface area (TPSA) is 93.8 Å². The van der Waals surface area contributed by atoms with Crippen LogP contribution in [0.15, 0.2) is 71.8 Å². The van der Waals surface area contributed by atoms with Gasteiger partial charge in [0, 0.05) is 23.3 Å². The third-order valence-electron chi connectivity index (χ3n) is 4.04. The zero-order valence-corrected chi connectivity index (χ0v) is 16.2. The first-order chi connectivity index (χ1) is 14.4. The van der Waals surface area contributed by atoms with Gasteiger partial charge in [-0.15, -0.1) is 0 Å². The van der Waals surface area contributed by atoms with Gasteiger partial charge in [-0.1, -0.05) is 17.7 Å². The summed E-state index contributed by atoms with van der Waals surface area (Å²) in [5.41, 5.74) is 3.45. The van der Waals surface area contributed by atoms with Gasteiger partial charge >= 0.3 is 0 Å². The number of rotatable bonds is 7. The van der Waals surface area contributed by atoms with Crippen molar-refractivity contribution in [2.45, 2.75) is 6.61 Å². The van der Waals surface area contributed by atoms with E-state index < -0.39 is 16.6 Å². The standard InChI is InChI=1S/C21H15ClFN3O4/c22-19-2-1-3-20(23)18(19)13-30-17-10-4-14(5-11-17)12-24-25-21(27)15-6-8-16(9-7-15)26(28)29/h1-12H,13H2,(H,25,27)/b24-12+. The number of nitro groups is 1. The summed E-state index contributed by atoms with van der Waals surface area (Å²) < 4.78 is 19.3. The predicted molar refractivity (Wildman–Crippen MR) is 110 cm³/mol. The Balaban J connectivity index is 1.54. The second kappa shape index (κ2) is 9.62. The lowest BCUT2D eigenvalue weighted by molar-refractivity contribution is -0.384. The first kappa shape index (κ1) is 20.9. The summed E-state index contributed by atoms with van der Waals surface area (Å²) >= 11 is 5.97. The highest BCUT2D eigenvalue weighted by Gasteiger charge is 2.09. The third-order valence-corrected chi connectivity index (χ3v) is 4.40. The molecule has 0 atom stereocenters. The minimum Gasteiger partial charge on any atom is -0.489 e. The fraction of sp³-hybridized carbons (Fsp3) is 0.0476. The Hall–Kier alpha value is -3.78. The maximum absolute atomic E-state index is 13.8. The lowest BCUT2D eigenvalue weighted by atomic mass is 10.2. The lowest BCUT2D eigenvalue weighted by Gasteiger charge is -2.08. The van der Waals surface area contributed by atoms with E-state index in [1.54, 1.807) is 30.3 Å². The molecule has 0 unspecified atom stereocenters. The van der Waals surface area contributed by atoms with Crippen molar-refractivity contribution in [1.29, 1.82) is 0 Å². The van der Waals surface area contributed by atoms with Crippen molar-refractivity contribution in [2.75, 3.05) is 0 Å². The molecule has 9 heteroatoms. The van der Waals surface area contributed by atoms with Gasteiger partial charge in [0.05, 0.1) is 16.2 Å². The normalized spacial score (nSPS) is 10.7. The molecule has 0 aromatic heterocycles. The molecule has 0 bridgehead atoms. The average Bonchev–Trinajstić information content (AvgIpc) is 2.74. The minimum absolute atomic E-state index is 0.00969. The Morgan fingerprint density at radius 2 is 1.83 bits per heavy atom. The number of hydrazone groups is 1. The third kappa shape index (κ3) is 5.39. The van der Waals surface area contributed by atoms with Crippen molar-refractivity contribution in [3.05, 3.63) is 104 Å². The summed E-state index contributed by atoms with van der Waals surface area (Å²) in [6.45, 7) is -0.00969. The SMILES string of the molecule is O=C(N/N=C/c1ccc(OCc2c(F)cccc2Cl)cc1)c1ccc([N+](=O)[O-])cc1. The predicted octanol–water partition coefficient (Wildman–Crippen LogP) is 4.73. The van der Waals surface area contributed by atoms with Crippen LogP contribution in [0.4, 0.5) is 10.1 Å². The smallest absolute Gasteiger partial charge is 0.271 e. The molecule has 7 nitrogen and oxygen atoms in total. The van der Waals surface area contributed by atoms with Gasteiger partial charge in [-0.25, -0.2) is 9.82 Å². The number of non-ortho nitro benzene ring substituents is 1. The van der Waals surface area contributed by atoms with E-state index in [-0.39, 0.29) is 23.4 Å². The van der Waals surface area contributed by atoms with E-state index in [0.717, 1.165) is 0 Å². The number of carbonyl (C=O) groups is 1. The summed E-state index contributed by atoms with van der Waals surface area (Å²) in [4.78, 5) is 22.1. The van der Waals surface area contributed by atoms with Crippen molar-refractivity contribution in [3.8, 4) is 5.75 Å². The van der Waals surface area contributed by atoms with Crippen LogP contribution in [-0.2, 0) is 6.61 Å². The van der Waals surface area contributed by atoms with Crippen LogP contribution in [0, 0.1) is 15.9 Å². The highest BCUT2D eigenvalue weighted by atomic mass is 35.5. The monoisotopic (exact) mass is 427 g/mol. The second-order valence-corrected chi connectivity index (χ2v) is 6.47. The van der Waals surface area contributed by atoms with Crippen LogP contribution < -0.4 is 10.2 Å². The number of carbonyl (C=O) groups excluding carboxylic acids is 1. The first-order valence-electron chi connectivity index (χ1n) is 8.67. The fourth-order valence-electron chi connectivity index (χ4n) is 2.44. The zero-order valence-electron chi connectivity index (χ0n) is 15.4. The molecular formula is C21H15ClFN3O4. The van der Waals surface area contributed by atoms with Crippen molar-refractivity contribution in [2.24, 2.45) is 5.10 Å². The number of halogens is 2. The maximum Gasteiger partial charge on any atom is 0.271 e. The van der Waals surface area contributed by atoms with Gasteiger partial charge in [-0.2, -0.15) is 5.10 Å². The van der Waals surface area contributed by atoms with Crippen LogP contribution in [0.25, 0.3) is 0 Å². The fourth-order valence-corrected chi connectivity index (χ4v) is 2.66. The molecule has 30 heavy (non-hydrogen) atoms. The van der Waals surface area contributed by atoms with Crippen LogP contribution >= 0.6 is 11.6 Å². The van der Waals surface area contributed by atoms with Crippen LogP contribution in [0.2, 0.25) is 5.02 Å². The largest absolute Gasteiger partial charge is 0.489 e. The van der Waals surface area contributed by atoms with Crippen molar-refractivity contribution in [1.82, 2.24) is 5.43 Å². The molecule has 1 amide bonds. The lowest BCUT2D eigenvalue weighted by Crippen LogP contribution is -2.17. The number of nitrogens with zero attached hydrogens (tertiary/aromatic N) is 2. The molecule has 0 radical (unpaired) electrons. The van der Waals surface area contributed by atoms with Crippen molar-refractivity contribution >= 4 is 29.4 Å². The summed E-state index contributed by atoms with van der Waals surface area (Å²) in [6.07, 6.45) is 1.43. The molecule has 3 aromatic carbocycles. The van der Waals surface area contributed by atoms with Crippen LogP contribution in [0.5, 0.6) is 5.75 Å². The molecule has 0 saturated carbocycles. The molecule has 0 aliphatic heterocycles. The Kier molecular flexibility index (Phi) is 6.71. The van der Waals surface area contributed by atoms with E-state index in [0.29, 0.717) is 16.3 Å². The van der Waals surface area contributed by atoms with Gasteiger partial charge in [0.15, 0.2) is 0 Å². The Labute approximate surface area is 175 Å². The van der Waals surface area contributed by atoms with Gasteiger partial charge in [0.25, 0.3) is 11.6 Å². The van der Waals surface area contributed by atoms with Gasteiger partial charge < -0.3 is 4.74 Å². The molecule has 3 rings (SSSR count). The van der Waals surface area contributed by atoms with Gasteiger partial charge in [-0.3, -0.25) is 14.9 Å².